The van der Waals surface area contributed by atoms with Gasteiger partial charge in [0.1, 0.15) is 5.75 Å². The van der Waals surface area contributed by atoms with E-state index in [4.69, 9.17) is 9.84 Å². The standard InChI is InChI=1S/C24H28N2O4/c1-2-16-6-8-17(9-7-16)21-14-26(22-10-11-25-13-20(21)22)24(29)18-4-3-5-19(12-18)30-15-23(27)28/h3-9,12,20-22,25H,2,10-11,13-15H2,1H3,(H,27,28)/t20-,21-,22-/m1/s1. The van der Waals surface area contributed by atoms with Gasteiger partial charge in [0.25, 0.3) is 5.91 Å². The number of rotatable bonds is 6. The fraction of sp³-hybridized carbons (Fsp3) is 0.417. The maximum Gasteiger partial charge on any atom is 0.341 e. The Labute approximate surface area is 176 Å². The summed E-state index contributed by atoms with van der Waals surface area (Å²) in [7, 11) is 0. The quantitative estimate of drug-likeness (QED) is 0.768. The van der Waals surface area contributed by atoms with Crippen molar-refractivity contribution in [2.45, 2.75) is 31.7 Å². The maximum atomic E-state index is 13.4. The molecule has 2 aromatic rings. The van der Waals surface area contributed by atoms with E-state index in [0.29, 0.717) is 29.7 Å². The number of carboxylic acids is 1. The van der Waals surface area contributed by atoms with Crippen molar-refractivity contribution in [3.8, 4) is 5.75 Å². The van der Waals surface area contributed by atoms with E-state index >= 15 is 0 Å². The second kappa shape index (κ2) is 8.88. The Morgan fingerprint density at radius 3 is 2.73 bits per heavy atom. The number of aryl methyl sites for hydroxylation is 1. The predicted octanol–water partition coefficient (Wildman–Crippen LogP) is 2.93. The Morgan fingerprint density at radius 2 is 2.00 bits per heavy atom. The molecule has 0 aromatic heterocycles. The monoisotopic (exact) mass is 408 g/mol. The van der Waals surface area contributed by atoms with E-state index in [1.54, 1.807) is 24.3 Å². The molecular formula is C24H28N2O4. The van der Waals surface area contributed by atoms with Crippen LogP contribution in [0.3, 0.4) is 0 Å². The number of benzene rings is 2. The maximum absolute atomic E-state index is 13.4. The minimum absolute atomic E-state index is 0.0136. The molecule has 2 N–H and O–H groups in total. The molecule has 2 heterocycles. The highest BCUT2D eigenvalue weighted by molar-refractivity contribution is 5.95. The number of likely N-dealkylation sites (tertiary alicyclic amines) is 1. The third-order valence-corrected chi connectivity index (χ3v) is 6.32. The number of hydrogen-bond donors (Lipinski definition) is 2. The molecule has 6 nitrogen and oxygen atoms in total. The first kappa shape index (κ1) is 20.4. The van der Waals surface area contributed by atoms with Crippen LogP contribution in [0.2, 0.25) is 0 Å². The van der Waals surface area contributed by atoms with Gasteiger partial charge in [0.05, 0.1) is 0 Å². The number of carbonyl (C=O) groups excluding carboxylic acids is 1. The zero-order valence-corrected chi connectivity index (χ0v) is 17.2. The van der Waals surface area contributed by atoms with Crippen LogP contribution in [-0.2, 0) is 11.2 Å². The third kappa shape index (κ3) is 4.19. The van der Waals surface area contributed by atoms with Crippen LogP contribution in [0.25, 0.3) is 0 Å². The number of hydrogen-bond acceptors (Lipinski definition) is 4. The molecule has 0 bridgehead atoms. The topological polar surface area (TPSA) is 78.9 Å². The summed E-state index contributed by atoms with van der Waals surface area (Å²) in [4.78, 5) is 26.2. The molecule has 2 aliphatic heterocycles. The highest BCUT2D eigenvalue weighted by atomic mass is 16.5. The van der Waals surface area contributed by atoms with E-state index < -0.39 is 12.6 Å². The molecule has 0 spiro atoms. The zero-order chi connectivity index (χ0) is 21.1. The minimum atomic E-state index is -1.04. The molecule has 2 aliphatic rings. The van der Waals surface area contributed by atoms with E-state index in [1.807, 2.05) is 4.90 Å². The molecule has 0 aliphatic carbocycles. The number of piperidine rings is 1. The van der Waals surface area contributed by atoms with Crippen LogP contribution < -0.4 is 10.1 Å². The van der Waals surface area contributed by atoms with Crippen LogP contribution in [0.1, 0.15) is 40.7 Å². The number of carboxylic acid groups (broad SMARTS) is 1. The van der Waals surface area contributed by atoms with E-state index in [2.05, 4.69) is 36.5 Å². The second-order valence-corrected chi connectivity index (χ2v) is 8.09. The van der Waals surface area contributed by atoms with Crippen molar-refractivity contribution in [1.29, 1.82) is 0 Å². The normalized spacial score (nSPS) is 23.1. The van der Waals surface area contributed by atoms with Gasteiger partial charge in [-0.2, -0.15) is 0 Å². The van der Waals surface area contributed by atoms with Gasteiger partial charge in [-0.1, -0.05) is 37.3 Å². The Bertz CT molecular complexity index is 912. The van der Waals surface area contributed by atoms with Crippen LogP contribution in [0, 0.1) is 5.92 Å². The average molecular weight is 408 g/mol. The first-order valence-electron chi connectivity index (χ1n) is 10.6. The van der Waals surface area contributed by atoms with Crippen molar-refractivity contribution >= 4 is 11.9 Å². The summed E-state index contributed by atoms with van der Waals surface area (Å²) in [5, 5.41) is 12.3. The summed E-state index contributed by atoms with van der Waals surface area (Å²) in [5.74, 6) is 0.0443. The Morgan fingerprint density at radius 1 is 1.20 bits per heavy atom. The largest absolute Gasteiger partial charge is 0.482 e. The smallest absolute Gasteiger partial charge is 0.341 e. The summed E-state index contributed by atoms with van der Waals surface area (Å²) in [5.41, 5.74) is 3.15. The van der Waals surface area contributed by atoms with Gasteiger partial charge in [0.2, 0.25) is 0 Å². The Kier molecular flexibility index (Phi) is 6.04. The molecular weight excluding hydrogens is 380 g/mol. The van der Waals surface area contributed by atoms with Crippen LogP contribution >= 0.6 is 0 Å². The molecule has 4 rings (SSSR count). The second-order valence-electron chi connectivity index (χ2n) is 8.09. The van der Waals surface area contributed by atoms with Crippen LogP contribution in [0.4, 0.5) is 0 Å². The van der Waals surface area contributed by atoms with E-state index in [0.717, 1.165) is 25.9 Å². The number of aliphatic carboxylic acids is 1. The number of fused-ring (bicyclic) bond motifs is 1. The summed E-state index contributed by atoms with van der Waals surface area (Å²) < 4.78 is 5.26. The summed E-state index contributed by atoms with van der Waals surface area (Å²) >= 11 is 0. The molecule has 2 saturated heterocycles. The highest BCUT2D eigenvalue weighted by Gasteiger charge is 2.45. The molecule has 2 aromatic carbocycles. The lowest BCUT2D eigenvalue weighted by Gasteiger charge is -2.33. The first-order chi connectivity index (χ1) is 14.6. The van der Waals surface area contributed by atoms with Gasteiger partial charge < -0.3 is 20.1 Å². The number of carbonyl (C=O) groups is 2. The molecule has 158 valence electrons. The Balaban J connectivity index is 1.56. The molecule has 0 saturated carbocycles. The summed E-state index contributed by atoms with van der Waals surface area (Å²) in [6, 6.07) is 15.8. The van der Waals surface area contributed by atoms with Gasteiger partial charge in [0, 0.05) is 36.5 Å². The van der Waals surface area contributed by atoms with Crippen LogP contribution in [-0.4, -0.2) is 54.2 Å². The van der Waals surface area contributed by atoms with Crippen LogP contribution in [0.5, 0.6) is 5.75 Å². The molecule has 1 amide bonds. The Hall–Kier alpha value is -2.86. The molecule has 30 heavy (non-hydrogen) atoms. The van der Waals surface area contributed by atoms with Crippen molar-refractivity contribution in [1.82, 2.24) is 10.2 Å². The van der Waals surface area contributed by atoms with Gasteiger partial charge in [0.15, 0.2) is 6.61 Å². The van der Waals surface area contributed by atoms with Crippen molar-refractivity contribution in [3.63, 3.8) is 0 Å². The fourth-order valence-electron chi connectivity index (χ4n) is 4.77. The van der Waals surface area contributed by atoms with Crippen LogP contribution in [0.15, 0.2) is 48.5 Å². The summed E-state index contributed by atoms with van der Waals surface area (Å²) in [6.45, 7) is 4.25. The predicted molar refractivity (Wildman–Crippen MR) is 114 cm³/mol. The van der Waals surface area contributed by atoms with E-state index in [1.165, 1.54) is 11.1 Å². The average Bonchev–Trinajstić information content (AvgIpc) is 3.17. The lowest BCUT2D eigenvalue weighted by molar-refractivity contribution is -0.139. The van der Waals surface area contributed by atoms with Crippen molar-refractivity contribution in [3.05, 3.63) is 65.2 Å². The number of nitrogens with one attached hydrogen (secondary N) is 1. The zero-order valence-electron chi connectivity index (χ0n) is 17.2. The van der Waals surface area contributed by atoms with Crippen molar-refractivity contribution < 1.29 is 19.4 Å². The SMILES string of the molecule is CCc1ccc([C@H]2CN(C(=O)c3cccc(OCC(=O)O)c3)[C@@H]3CCNC[C@H]23)cc1. The van der Waals surface area contributed by atoms with Gasteiger partial charge in [-0.15, -0.1) is 0 Å². The van der Waals surface area contributed by atoms with Gasteiger partial charge in [-0.3, -0.25) is 4.79 Å². The lowest BCUT2D eigenvalue weighted by Crippen LogP contribution is -2.46. The van der Waals surface area contributed by atoms with Gasteiger partial charge in [-0.05, 0) is 48.7 Å². The fourth-order valence-corrected chi connectivity index (χ4v) is 4.77. The molecule has 6 heteroatoms. The molecule has 0 unspecified atom stereocenters. The van der Waals surface area contributed by atoms with E-state index in [9.17, 15) is 9.59 Å². The lowest BCUT2D eigenvalue weighted by atomic mass is 9.82. The molecule has 3 atom stereocenters. The highest BCUT2D eigenvalue weighted by Crippen LogP contribution is 2.40. The molecule has 2 fully saturated rings. The van der Waals surface area contributed by atoms with Crippen molar-refractivity contribution in [2.24, 2.45) is 5.92 Å². The van der Waals surface area contributed by atoms with Gasteiger partial charge in [-0.25, -0.2) is 4.79 Å². The first-order valence-corrected chi connectivity index (χ1v) is 10.6. The van der Waals surface area contributed by atoms with Gasteiger partial charge >= 0.3 is 5.97 Å². The number of amides is 1. The number of nitrogens with zero attached hydrogens (tertiary/aromatic N) is 1. The minimum Gasteiger partial charge on any atom is -0.482 e. The molecule has 0 radical (unpaired) electrons. The third-order valence-electron chi connectivity index (χ3n) is 6.32. The number of ether oxygens (including phenoxy) is 1. The summed E-state index contributed by atoms with van der Waals surface area (Å²) in [6.07, 6.45) is 1.96. The van der Waals surface area contributed by atoms with E-state index in [-0.39, 0.29) is 11.9 Å². The van der Waals surface area contributed by atoms with Crippen molar-refractivity contribution in [2.75, 3.05) is 26.2 Å².